The third kappa shape index (κ3) is 20.6. The summed E-state index contributed by atoms with van der Waals surface area (Å²) in [5, 5.41) is 54.4. The minimum Gasteiger partial charge on any atom is -0.457 e. The number of aliphatic hydroxyl groups is 5. The normalized spacial score (nSPS) is 20.5. The van der Waals surface area contributed by atoms with Gasteiger partial charge in [0.1, 0.15) is 41.7 Å². The van der Waals surface area contributed by atoms with Crippen LogP contribution in [0.2, 0.25) is 0 Å². The van der Waals surface area contributed by atoms with E-state index in [4.69, 9.17) is 14.2 Å². The molecule has 1 aliphatic heterocycles. The Balaban J connectivity index is 1.29. The van der Waals surface area contributed by atoms with E-state index in [-0.39, 0.29) is 18.3 Å². The third-order valence-electron chi connectivity index (χ3n) is 11.3. The summed E-state index contributed by atoms with van der Waals surface area (Å²) in [6.45, 7) is 1.52. The lowest BCUT2D eigenvalue weighted by molar-refractivity contribution is -0.302. The van der Waals surface area contributed by atoms with E-state index >= 15 is 0 Å². The Morgan fingerprint density at radius 1 is 0.690 bits per heavy atom. The largest absolute Gasteiger partial charge is 0.457 e. The quantitative estimate of drug-likeness (QED) is 0.0388. The fourth-order valence-corrected chi connectivity index (χ4v) is 7.54. The van der Waals surface area contributed by atoms with E-state index in [0.717, 1.165) is 76.4 Å². The lowest BCUT2D eigenvalue weighted by Gasteiger charge is -2.40. The van der Waals surface area contributed by atoms with Crippen LogP contribution < -0.4 is 10.1 Å². The summed E-state index contributed by atoms with van der Waals surface area (Å²) in [6.07, 6.45) is 18.2. The molecule has 1 aliphatic rings. The van der Waals surface area contributed by atoms with E-state index in [1.165, 1.54) is 88.3 Å². The predicted molar refractivity (Wildman–Crippen MR) is 226 cm³/mol. The minimum atomic E-state index is -1.57. The smallest absolute Gasteiger partial charge is 0.220 e. The fourth-order valence-electron chi connectivity index (χ4n) is 7.54. The van der Waals surface area contributed by atoms with Crippen LogP contribution in [0.25, 0.3) is 0 Å². The van der Waals surface area contributed by atoms with Gasteiger partial charge in [-0.25, -0.2) is 4.39 Å². The second-order valence-electron chi connectivity index (χ2n) is 16.3. The Morgan fingerprint density at radius 3 is 1.74 bits per heavy atom. The topological polar surface area (TPSA) is 158 Å². The van der Waals surface area contributed by atoms with Crippen LogP contribution in [-0.4, -0.2) is 87.5 Å². The van der Waals surface area contributed by atoms with Crippen LogP contribution in [0.1, 0.15) is 160 Å². The molecule has 7 atom stereocenters. The number of hydrogen-bond donors (Lipinski definition) is 6. The molecule has 1 fully saturated rings. The van der Waals surface area contributed by atoms with Crippen molar-refractivity contribution in [2.45, 2.75) is 204 Å². The summed E-state index contributed by atoms with van der Waals surface area (Å²) in [5.41, 5.74) is 1.26. The monoisotopic (exact) mass is 818 g/mol. The van der Waals surface area contributed by atoms with Gasteiger partial charge in [0.2, 0.25) is 5.91 Å². The van der Waals surface area contributed by atoms with Crippen molar-refractivity contribution in [3.63, 3.8) is 0 Å². The highest BCUT2D eigenvalue weighted by atomic mass is 19.1. The Morgan fingerprint density at radius 2 is 1.19 bits per heavy atom. The van der Waals surface area contributed by atoms with E-state index in [0.29, 0.717) is 18.6 Å². The van der Waals surface area contributed by atoms with Crippen molar-refractivity contribution in [3.05, 3.63) is 59.9 Å². The maximum absolute atomic E-state index is 13.1. The number of carbonyl (C=O) groups excluding carboxylic acids is 1. The zero-order valence-corrected chi connectivity index (χ0v) is 35.3. The molecule has 6 N–H and O–H groups in total. The first-order valence-corrected chi connectivity index (χ1v) is 22.6. The molecule has 1 saturated heterocycles. The number of aryl methyl sites for hydroxylation is 1. The molecule has 11 heteroatoms. The molecule has 0 radical (unpaired) electrons. The predicted octanol–water partition coefficient (Wildman–Crippen LogP) is 8.81. The van der Waals surface area contributed by atoms with Crippen LogP contribution in [0.4, 0.5) is 4.39 Å². The molecular formula is C47H76FNO9. The number of ether oxygens (including phenoxy) is 3. The Bertz CT molecular complexity index is 1310. The number of aliphatic hydroxyl groups excluding tert-OH is 5. The SMILES string of the molecule is CCCCCCCCCCCCCCC[C@@H](O)[C@H](CO[C@H]1OC(CO)[C@H](O)[C@H](O)C1O)NC(=O)CCCCCCCCCCc1ccc(Oc2ccc(F)cc2)cc1. The second-order valence-corrected chi connectivity index (χ2v) is 16.3. The van der Waals surface area contributed by atoms with Crippen molar-refractivity contribution < 1.29 is 48.9 Å². The van der Waals surface area contributed by atoms with Crippen LogP contribution in [0, 0.1) is 5.82 Å². The molecule has 2 aromatic carbocycles. The number of nitrogens with one attached hydrogen (secondary N) is 1. The standard InChI is InChI=1S/C47H76FNO9/c1-2-3-4-5-6-7-8-9-10-11-15-18-21-24-41(51)40(35-56-47-46(55)45(54)44(53)42(34-50)58-47)49-43(52)25-22-19-16-13-12-14-17-20-23-36-26-30-38(31-27-36)57-39-32-28-37(48)29-33-39/h26-33,40-42,44-47,50-51,53-55H,2-25,34-35H2,1H3,(H,49,52)/t40-,41+,42?,44-,45-,46?,47-/m0/s1. The first-order chi connectivity index (χ1) is 28.2. The number of carbonyl (C=O) groups is 1. The van der Waals surface area contributed by atoms with E-state index in [9.17, 15) is 34.7 Å². The van der Waals surface area contributed by atoms with Gasteiger partial charge in [0.25, 0.3) is 0 Å². The molecule has 0 aromatic heterocycles. The Kier molecular flexibility index (Phi) is 26.1. The summed E-state index contributed by atoms with van der Waals surface area (Å²) in [6, 6.07) is 13.3. The van der Waals surface area contributed by atoms with Gasteiger partial charge in [-0.05, 0) is 67.6 Å². The van der Waals surface area contributed by atoms with E-state index in [1.807, 2.05) is 12.1 Å². The minimum absolute atomic E-state index is 0.161. The number of halogens is 1. The van der Waals surface area contributed by atoms with Crippen molar-refractivity contribution in [3.8, 4) is 11.5 Å². The number of amides is 1. The summed E-state index contributed by atoms with van der Waals surface area (Å²) < 4.78 is 30.1. The van der Waals surface area contributed by atoms with Gasteiger partial charge in [-0.1, -0.05) is 141 Å². The Hall–Kier alpha value is -2.64. The fraction of sp³-hybridized carbons (Fsp3) is 0.723. The molecule has 1 amide bonds. The van der Waals surface area contributed by atoms with Gasteiger partial charge >= 0.3 is 0 Å². The first kappa shape index (κ1) is 49.7. The number of benzene rings is 2. The van der Waals surface area contributed by atoms with Crippen molar-refractivity contribution in [2.24, 2.45) is 0 Å². The summed E-state index contributed by atoms with van der Waals surface area (Å²) in [5.74, 6) is 0.867. The van der Waals surface area contributed by atoms with Gasteiger partial charge in [-0.2, -0.15) is 0 Å². The van der Waals surface area contributed by atoms with E-state index in [1.54, 1.807) is 12.1 Å². The molecule has 3 rings (SSSR count). The molecule has 0 spiro atoms. The average molecular weight is 818 g/mol. The average Bonchev–Trinajstić information content (AvgIpc) is 3.22. The van der Waals surface area contributed by atoms with Crippen LogP contribution in [0.15, 0.2) is 48.5 Å². The first-order valence-electron chi connectivity index (χ1n) is 22.6. The molecule has 2 aromatic rings. The summed E-state index contributed by atoms with van der Waals surface area (Å²) in [4.78, 5) is 13.0. The molecule has 330 valence electrons. The summed E-state index contributed by atoms with van der Waals surface area (Å²) >= 11 is 0. The molecule has 0 saturated carbocycles. The maximum atomic E-state index is 13.1. The van der Waals surface area contributed by atoms with Gasteiger partial charge in [0, 0.05) is 6.42 Å². The highest BCUT2D eigenvalue weighted by molar-refractivity contribution is 5.76. The van der Waals surface area contributed by atoms with Crippen molar-refractivity contribution in [2.75, 3.05) is 13.2 Å². The highest BCUT2D eigenvalue weighted by Gasteiger charge is 2.44. The van der Waals surface area contributed by atoms with Crippen LogP contribution in [-0.2, 0) is 20.7 Å². The van der Waals surface area contributed by atoms with Gasteiger partial charge in [0.15, 0.2) is 6.29 Å². The zero-order valence-electron chi connectivity index (χ0n) is 35.3. The molecular weight excluding hydrogens is 742 g/mol. The van der Waals surface area contributed by atoms with Gasteiger partial charge < -0.3 is 45.1 Å². The van der Waals surface area contributed by atoms with E-state index in [2.05, 4.69) is 24.4 Å². The highest BCUT2D eigenvalue weighted by Crippen LogP contribution is 2.24. The van der Waals surface area contributed by atoms with Crippen LogP contribution in [0.5, 0.6) is 11.5 Å². The van der Waals surface area contributed by atoms with Crippen molar-refractivity contribution in [1.82, 2.24) is 5.32 Å². The lowest BCUT2D eigenvalue weighted by atomic mass is 9.99. The molecule has 10 nitrogen and oxygen atoms in total. The number of rotatable bonds is 33. The molecule has 2 unspecified atom stereocenters. The summed E-state index contributed by atoms with van der Waals surface area (Å²) in [7, 11) is 0. The number of unbranched alkanes of at least 4 members (excludes halogenated alkanes) is 19. The molecule has 1 heterocycles. The molecule has 0 bridgehead atoms. The zero-order chi connectivity index (χ0) is 41.8. The van der Waals surface area contributed by atoms with Gasteiger partial charge in [-0.3, -0.25) is 4.79 Å². The van der Waals surface area contributed by atoms with E-state index < -0.39 is 49.5 Å². The van der Waals surface area contributed by atoms with Crippen molar-refractivity contribution >= 4 is 5.91 Å². The van der Waals surface area contributed by atoms with Gasteiger partial charge in [-0.15, -0.1) is 0 Å². The molecule has 58 heavy (non-hydrogen) atoms. The van der Waals surface area contributed by atoms with Crippen molar-refractivity contribution in [1.29, 1.82) is 0 Å². The Labute approximate surface area is 347 Å². The van der Waals surface area contributed by atoms with Crippen LogP contribution in [0.3, 0.4) is 0 Å². The lowest BCUT2D eigenvalue weighted by Crippen LogP contribution is -2.60. The van der Waals surface area contributed by atoms with Gasteiger partial charge in [0.05, 0.1) is 25.4 Å². The third-order valence-corrected chi connectivity index (χ3v) is 11.3. The maximum Gasteiger partial charge on any atom is 0.220 e. The second kappa shape index (κ2) is 30.4. The van der Waals surface area contributed by atoms with Crippen LogP contribution >= 0.6 is 0 Å². The molecule has 0 aliphatic carbocycles. The number of hydrogen-bond acceptors (Lipinski definition) is 9.